The number of anilines is 1. The molecule has 1 aliphatic heterocycles. The summed E-state index contributed by atoms with van der Waals surface area (Å²) in [7, 11) is 1.73. The van der Waals surface area contributed by atoms with E-state index >= 15 is 0 Å². The van der Waals surface area contributed by atoms with E-state index in [0.29, 0.717) is 0 Å². The van der Waals surface area contributed by atoms with Crippen molar-refractivity contribution in [3.05, 3.63) is 23.8 Å². The van der Waals surface area contributed by atoms with Crippen LogP contribution in [0, 0.1) is 6.92 Å². The Morgan fingerprint density at radius 3 is 2.41 bits per heavy atom. The van der Waals surface area contributed by atoms with Crippen LogP contribution in [0.15, 0.2) is 18.2 Å². The molecule has 0 unspecified atom stereocenters. The summed E-state index contributed by atoms with van der Waals surface area (Å²) >= 11 is 0. The lowest BCUT2D eigenvalue weighted by Crippen LogP contribution is -2.43. The molecule has 0 spiro atoms. The van der Waals surface area contributed by atoms with Gasteiger partial charge in [-0.2, -0.15) is 0 Å². The van der Waals surface area contributed by atoms with Crippen molar-refractivity contribution in [2.45, 2.75) is 6.92 Å². The van der Waals surface area contributed by atoms with Crippen molar-refractivity contribution in [1.29, 1.82) is 0 Å². The fourth-order valence-electron chi connectivity index (χ4n) is 1.95. The minimum Gasteiger partial charge on any atom is -0.495 e. The van der Waals surface area contributed by atoms with Gasteiger partial charge < -0.3 is 15.0 Å². The van der Waals surface area contributed by atoms with E-state index in [1.807, 2.05) is 6.07 Å². The van der Waals surface area contributed by atoms with Crippen LogP contribution in [0.4, 0.5) is 5.69 Å². The van der Waals surface area contributed by atoms with E-state index in [1.165, 1.54) is 11.3 Å². The van der Waals surface area contributed by atoms with E-state index in [0.717, 1.165) is 31.9 Å². The Labute approximate surface area is 115 Å². The lowest BCUT2D eigenvalue weighted by atomic mass is 10.1. The third-order valence-corrected chi connectivity index (χ3v) is 2.79. The van der Waals surface area contributed by atoms with Crippen molar-refractivity contribution >= 4 is 30.5 Å². The molecular formula is C12H20Cl2N2O. The zero-order valence-electron chi connectivity index (χ0n) is 10.2. The fraction of sp³-hybridized carbons (Fsp3) is 0.500. The second-order valence-corrected chi connectivity index (χ2v) is 3.91. The number of methoxy groups -OCH3 is 1. The van der Waals surface area contributed by atoms with E-state index in [1.54, 1.807) is 7.11 Å². The summed E-state index contributed by atoms with van der Waals surface area (Å²) in [6.45, 7) is 6.33. The standard InChI is InChI=1S/C12H18N2O.2ClH/c1-10-3-4-12(15-2)11(9-10)14-7-5-13-6-8-14;;/h3-4,9,13H,5-8H2,1-2H3;2*1H. The van der Waals surface area contributed by atoms with Crippen LogP contribution < -0.4 is 15.0 Å². The van der Waals surface area contributed by atoms with Crippen molar-refractivity contribution in [3.8, 4) is 5.75 Å². The maximum Gasteiger partial charge on any atom is 0.142 e. The Morgan fingerprint density at radius 1 is 1.18 bits per heavy atom. The molecule has 1 saturated heterocycles. The lowest BCUT2D eigenvalue weighted by Gasteiger charge is -2.30. The number of nitrogens with zero attached hydrogens (tertiary/aromatic N) is 1. The highest BCUT2D eigenvalue weighted by atomic mass is 35.5. The largest absolute Gasteiger partial charge is 0.495 e. The fourth-order valence-corrected chi connectivity index (χ4v) is 1.95. The van der Waals surface area contributed by atoms with Gasteiger partial charge in [-0.25, -0.2) is 0 Å². The number of rotatable bonds is 2. The van der Waals surface area contributed by atoms with Gasteiger partial charge in [-0.05, 0) is 24.6 Å². The predicted molar refractivity (Wildman–Crippen MR) is 77.3 cm³/mol. The van der Waals surface area contributed by atoms with Crippen LogP contribution in [0.5, 0.6) is 5.75 Å². The number of hydrogen-bond donors (Lipinski definition) is 1. The van der Waals surface area contributed by atoms with Gasteiger partial charge in [-0.15, -0.1) is 24.8 Å². The number of nitrogens with one attached hydrogen (secondary N) is 1. The third kappa shape index (κ3) is 3.95. The van der Waals surface area contributed by atoms with Gasteiger partial charge in [-0.3, -0.25) is 0 Å². The van der Waals surface area contributed by atoms with Gasteiger partial charge in [0, 0.05) is 26.2 Å². The molecule has 0 aliphatic carbocycles. The molecule has 0 bridgehead atoms. The van der Waals surface area contributed by atoms with Gasteiger partial charge >= 0.3 is 0 Å². The topological polar surface area (TPSA) is 24.5 Å². The van der Waals surface area contributed by atoms with Gasteiger partial charge in [0.25, 0.3) is 0 Å². The SMILES string of the molecule is COc1ccc(C)cc1N1CCNCC1.Cl.Cl. The third-order valence-electron chi connectivity index (χ3n) is 2.79. The summed E-state index contributed by atoms with van der Waals surface area (Å²) in [4.78, 5) is 2.38. The molecule has 0 aromatic heterocycles. The molecule has 1 fully saturated rings. The highest BCUT2D eigenvalue weighted by molar-refractivity contribution is 5.85. The molecule has 1 aromatic rings. The minimum absolute atomic E-state index is 0. The van der Waals surface area contributed by atoms with E-state index in [2.05, 4.69) is 29.3 Å². The zero-order chi connectivity index (χ0) is 10.7. The highest BCUT2D eigenvalue weighted by Crippen LogP contribution is 2.29. The molecule has 98 valence electrons. The molecule has 2 rings (SSSR count). The predicted octanol–water partition coefficient (Wildman–Crippen LogP) is 2.26. The number of benzene rings is 1. The molecule has 17 heavy (non-hydrogen) atoms. The first-order valence-electron chi connectivity index (χ1n) is 5.41. The number of ether oxygens (including phenoxy) is 1. The van der Waals surface area contributed by atoms with Crippen molar-refractivity contribution < 1.29 is 4.74 Å². The summed E-state index contributed by atoms with van der Waals surface area (Å²) in [5.41, 5.74) is 2.50. The molecule has 0 saturated carbocycles. The second kappa shape index (κ2) is 7.64. The monoisotopic (exact) mass is 278 g/mol. The van der Waals surface area contributed by atoms with Gasteiger partial charge in [0.2, 0.25) is 0 Å². The first-order chi connectivity index (χ1) is 7.31. The summed E-state index contributed by atoms with van der Waals surface area (Å²) in [5.74, 6) is 0.975. The molecule has 3 nitrogen and oxygen atoms in total. The maximum absolute atomic E-state index is 5.39. The molecule has 5 heteroatoms. The molecule has 0 atom stereocenters. The van der Waals surface area contributed by atoms with Gasteiger partial charge in [-0.1, -0.05) is 6.07 Å². The Hall–Kier alpha value is -0.640. The lowest BCUT2D eigenvalue weighted by molar-refractivity contribution is 0.413. The average Bonchev–Trinajstić information content (AvgIpc) is 2.30. The van der Waals surface area contributed by atoms with Crippen LogP contribution in [0.2, 0.25) is 0 Å². The highest BCUT2D eigenvalue weighted by Gasteiger charge is 2.14. The van der Waals surface area contributed by atoms with Crippen LogP contribution in [0.1, 0.15) is 5.56 Å². The van der Waals surface area contributed by atoms with E-state index in [-0.39, 0.29) is 24.8 Å². The Kier molecular flexibility index (Phi) is 7.35. The Balaban J connectivity index is 0.00000128. The van der Waals surface area contributed by atoms with Crippen molar-refractivity contribution in [2.24, 2.45) is 0 Å². The van der Waals surface area contributed by atoms with Gasteiger partial charge in [0.05, 0.1) is 12.8 Å². The summed E-state index contributed by atoms with van der Waals surface area (Å²) in [6.07, 6.45) is 0. The molecule has 0 amide bonds. The van der Waals surface area contributed by atoms with Gasteiger partial charge in [0.1, 0.15) is 5.75 Å². The Bertz CT molecular complexity index is 341. The van der Waals surface area contributed by atoms with E-state index in [4.69, 9.17) is 4.74 Å². The van der Waals surface area contributed by atoms with Crippen LogP contribution in [0.3, 0.4) is 0 Å². The zero-order valence-corrected chi connectivity index (χ0v) is 11.9. The summed E-state index contributed by atoms with van der Waals surface area (Å²) in [5, 5.41) is 3.35. The van der Waals surface area contributed by atoms with Crippen LogP contribution >= 0.6 is 24.8 Å². The summed E-state index contributed by atoms with van der Waals surface area (Å²) in [6, 6.07) is 6.33. The first-order valence-corrected chi connectivity index (χ1v) is 5.41. The normalized spacial score (nSPS) is 14.6. The smallest absolute Gasteiger partial charge is 0.142 e. The average molecular weight is 279 g/mol. The molecule has 1 N–H and O–H groups in total. The summed E-state index contributed by atoms with van der Waals surface area (Å²) < 4.78 is 5.39. The minimum atomic E-state index is 0. The van der Waals surface area contributed by atoms with Crippen molar-refractivity contribution in [2.75, 3.05) is 38.2 Å². The number of hydrogen-bond acceptors (Lipinski definition) is 3. The Morgan fingerprint density at radius 2 is 1.82 bits per heavy atom. The molecular weight excluding hydrogens is 259 g/mol. The number of piperazine rings is 1. The number of halogens is 2. The molecule has 1 heterocycles. The maximum atomic E-state index is 5.39. The van der Waals surface area contributed by atoms with Crippen molar-refractivity contribution in [1.82, 2.24) is 5.32 Å². The van der Waals surface area contributed by atoms with Crippen LogP contribution in [-0.2, 0) is 0 Å². The number of aryl methyl sites for hydroxylation is 1. The van der Waals surface area contributed by atoms with Crippen molar-refractivity contribution in [3.63, 3.8) is 0 Å². The first kappa shape index (κ1) is 16.4. The van der Waals surface area contributed by atoms with E-state index in [9.17, 15) is 0 Å². The van der Waals surface area contributed by atoms with Crippen LogP contribution in [-0.4, -0.2) is 33.3 Å². The van der Waals surface area contributed by atoms with E-state index < -0.39 is 0 Å². The molecule has 1 aliphatic rings. The van der Waals surface area contributed by atoms with Gasteiger partial charge in [0.15, 0.2) is 0 Å². The molecule has 0 radical (unpaired) electrons. The molecule has 1 aromatic carbocycles. The van der Waals surface area contributed by atoms with Crippen LogP contribution in [0.25, 0.3) is 0 Å². The quantitative estimate of drug-likeness (QED) is 0.898. The second-order valence-electron chi connectivity index (χ2n) is 3.91.